The maximum atomic E-state index is 11.8. The van der Waals surface area contributed by atoms with E-state index >= 15 is 0 Å². The third kappa shape index (κ3) is 3.34. The quantitative estimate of drug-likeness (QED) is 0.544. The van der Waals surface area contributed by atoms with E-state index < -0.39 is 0 Å². The maximum Gasteiger partial charge on any atom is 0.333 e. The minimum absolute atomic E-state index is 0.222. The van der Waals surface area contributed by atoms with E-state index in [-0.39, 0.29) is 11.6 Å². The van der Waals surface area contributed by atoms with Crippen molar-refractivity contribution in [2.75, 3.05) is 0 Å². The predicted molar refractivity (Wildman–Crippen MR) is 70.7 cm³/mol. The Labute approximate surface area is 105 Å². The Kier molecular flexibility index (Phi) is 4.79. The van der Waals surface area contributed by atoms with Gasteiger partial charge < -0.3 is 4.74 Å². The maximum absolute atomic E-state index is 11.8. The lowest BCUT2D eigenvalue weighted by molar-refractivity contribution is -0.167. The molecular formula is C15H26O2. The van der Waals surface area contributed by atoms with Crippen molar-refractivity contribution in [1.82, 2.24) is 0 Å². The van der Waals surface area contributed by atoms with E-state index in [9.17, 15) is 4.79 Å². The number of ether oxygens (including phenoxy) is 1. The fraction of sp³-hybridized carbons (Fsp3) is 0.800. The van der Waals surface area contributed by atoms with Gasteiger partial charge in [0.25, 0.3) is 0 Å². The van der Waals surface area contributed by atoms with Gasteiger partial charge in [0.05, 0.1) is 0 Å². The van der Waals surface area contributed by atoms with Gasteiger partial charge in [-0.15, -0.1) is 0 Å². The van der Waals surface area contributed by atoms with Crippen molar-refractivity contribution in [3.05, 3.63) is 12.2 Å². The number of carbonyl (C=O) groups is 1. The predicted octanol–water partition coefficient (Wildman–Crippen LogP) is 4.10. The van der Waals surface area contributed by atoms with Gasteiger partial charge in [-0.3, -0.25) is 0 Å². The molecule has 0 saturated heterocycles. The standard InChI is InChI=1S/C15H26O2/c1-6-13(5)15(17-14(16)11(2)3)9-7-12(4)8-10-15/h12-13H,2,6-10H2,1,3-5H3. The second kappa shape index (κ2) is 5.70. The summed E-state index contributed by atoms with van der Waals surface area (Å²) >= 11 is 0. The average Bonchev–Trinajstić information content (AvgIpc) is 2.31. The largest absolute Gasteiger partial charge is 0.455 e. The Morgan fingerprint density at radius 3 is 2.41 bits per heavy atom. The normalized spacial score (nSPS) is 30.7. The molecule has 2 heteroatoms. The lowest BCUT2D eigenvalue weighted by atomic mass is 9.72. The van der Waals surface area contributed by atoms with Crippen molar-refractivity contribution in [1.29, 1.82) is 0 Å². The molecule has 1 aliphatic carbocycles. The molecule has 98 valence electrons. The van der Waals surface area contributed by atoms with Crippen LogP contribution in [-0.4, -0.2) is 11.6 Å². The van der Waals surface area contributed by atoms with Crippen molar-refractivity contribution in [2.45, 2.75) is 65.4 Å². The zero-order valence-electron chi connectivity index (χ0n) is 11.7. The number of esters is 1. The molecule has 1 saturated carbocycles. The Morgan fingerprint density at radius 1 is 1.47 bits per heavy atom. The fourth-order valence-electron chi connectivity index (χ4n) is 2.59. The van der Waals surface area contributed by atoms with E-state index in [1.165, 1.54) is 0 Å². The summed E-state index contributed by atoms with van der Waals surface area (Å²) in [5.74, 6) is 0.967. The SMILES string of the molecule is C=C(C)C(=O)OC1(C(C)CC)CCC(C)CC1. The summed E-state index contributed by atoms with van der Waals surface area (Å²) in [7, 11) is 0. The minimum Gasteiger partial charge on any atom is -0.455 e. The third-order valence-corrected chi connectivity index (χ3v) is 4.28. The monoisotopic (exact) mass is 238 g/mol. The van der Waals surface area contributed by atoms with Crippen LogP contribution in [0.1, 0.15) is 59.8 Å². The summed E-state index contributed by atoms with van der Waals surface area (Å²) < 4.78 is 5.80. The first-order valence-corrected chi connectivity index (χ1v) is 6.80. The summed E-state index contributed by atoms with van der Waals surface area (Å²) in [6.45, 7) is 12.0. The molecule has 1 rings (SSSR count). The van der Waals surface area contributed by atoms with E-state index in [1.54, 1.807) is 6.92 Å². The molecule has 1 unspecified atom stereocenters. The summed E-state index contributed by atoms with van der Waals surface area (Å²) in [6, 6.07) is 0. The highest BCUT2D eigenvalue weighted by atomic mass is 16.6. The molecule has 0 N–H and O–H groups in total. The molecule has 0 aliphatic heterocycles. The van der Waals surface area contributed by atoms with Crippen LogP contribution in [0.4, 0.5) is 0 Å². The highest BCUT2D eigenvalue weighted by Gasteiger charge is 2.41. The summed E-state index contributed by atoms with van der Waals surface area (Å²) in [6.07, 6.45) is 5.38. The van der Waals surface area contributed by atoms with E-state index in [1.807, 2.05) is 0 Å². The molecule has 0 aromatic heterocycles. The summed E-state index contributed by atoms with van der Waals surface area (Å²) in [5.41, 5.74) is 0.267. The highest BCUT2D eigenvalue weighted by molar-refractivity contribution is 5.87. The van der Waals surface area contributed by atoms with Crippen molar-refractivity contribution >= 4 is 5.97 Å². The van der Waals surface area contributed by atoms with Gasteiger partial charge in [-0.1, -0.05) is 27.4 Å². The lowest BCUT2D eigenvalue weighted by Crippen LogP contribution is -2.44. The number of hydrogen-bond acceptors (Lipinski definition) is 2. The van der Waals surface area contributed by atoms with Gasteiger partial charge >= 0.3 is 5.97 Å². The second-order valence-corrected chi connectivity index (χ2v) is 5.73. The number of rotatable bonds is 4. The second-order valence-electron chi connectivity index (χ2n) is 5.73. The van der Waals surface area contributed by atoms with Crippen LogP contribution in [0.2, 0.25) is 0 Å². The molecular weight excluding hydrogens is 212 g/mol. The van der Waals surface area contributed by atoms with Crippen LogP contribution in [0.5, 0.6) is 0 Å². The fourth-order valence-corrected chi connectivity index (χ4v) is 2.59. The zero-order valence-corrected chi connectivity index (χ0v) is 11.7. The van der Waals surface area contributed by atoms with Crippen LogP contribution in [0.15, 0.2) is 12.2 Å². The van der Waals surface area contributed by atoms with Crippen molar-refractivity contribution in [3.63, 3.8) is 0 Å². The van der Waals surface area contributed by atoms with Crippen molar-refractivity contribution in [2.24, 2.45) is 11.8 Å². The van der Waals surface area contributed by atoms with Gasteiger partial charge in [0.15, 0.2) is 0 Å². The van der Waals surface area contributed by atoms with E-state index in [2.05, 4.69) is 27.4 Å². The average molecular weight is 238 g/mol. The molecule has 0 spiro atoms. The van der Waals surface area contributed by atoms with E-state index in [4.69, 9.17) is 4.74 Å². The molecule has 1 aliphatic rings. The molecule has 1 fully saturated rings. The smallest absolute Gasteiger partial charge is 0.333 e. The Morgan fingerprint density at radius 2 is 2.00 bits per heavy atom. The molecule has 0 amide bonds. The number of carbonyl (C=O) groups excluding carboxylic acids is 1. The van der Waals surface area contributed by atoms with Gasteiger partial charge in [0.1, 0.15) is 5.60 Å². The van der Waals surface area contributed by atoms with Crippen LogP contribution < -0.4 is 0 Å². The summed E-state index contributed by atoms with van der Waals surface area (Å²) in [5, 5.41) is 0. The molecule has 1 atom stereocenters. The summed E-state index contributed by atoms with van der Waals surface area (Å²) in [4.78, 5) is 11.8. The number of hydrogen-bond donors (Lipinski definition) is 0. The Balaban J connectivity index is 2.80. The van der Waals surface area contributed by atoms with Gasteiger partial charge in [-0.05, 0) is 50.9 Å². The van der Waals surface area contributed by atoms with Crippen LogP contribution in [0.25, 0.3) is 0 Å². The van der Waals surface area contributed by atoms with Gasteiger partial charge in [0, 0.05) is 5.57 Å². The van der Waals surface area contributed by atoms with E-state index in [0.717, 1.165) is 38.0 Å². The third-order valence-electron chi connectivity index (χ3n) is 4.28. The van der Waals surface area contributed by atoms with Gasteiger partial charge in [-0.25, -0.2) is 4.79 Å². The first-order chi connectivity index (χ1) is 7.91. The first-order valence-electron chi connectivity index (χ1n) is 6.80. The molecule has 2 nitrogen and oxygen atoms in total. The molecule has 0 radical (unpaired) electrons. The van der Waals surface area contributed by atoms with E-state index in [0.29, 0.717) is 11.5 Å². The molecule has 0 aromatic rings. The molecule has 0 bridgehead atoms. The van der Waals surface area contributed by atoms with Gasteiger partial charge in [0.2, 0.25) is 0 Å². The lowest BCUT2D eigenvalue weighted by Gasteiger charge is -2.43. The Bertz CT molecular complexity index is 285. The molecule has 17 heavy (non-hydrogen) atoms. The van der Waals surface area contributed by atoms with Gasteiger partial charge in [-0.2, -0.15) is 0 Å². The highest BCUT2D eigenvalue weighted by Crippen LogP contribution is 2.41. The minimum atomic E-state index is -0.239. The van der Waals surface area contributed by atoms with Crippen LogP contribution in [0.3, 0.4) is 0 Å². The molecule has 0 heterocycles. The topological polar surface area (TPSA) is 26.3 Å². The first kappa shape index (κ1) is 14.3. The molecule has 0 aromatic carbocycles. The Hall–Kier alpha value is -0.790. The zero-order chi connectivity index (χ0) is 13.1. The van der Waals surface area contributed by atoms with Crippen LogP contribution in [-0.2, 0) is 9.53 Å². The van der Waals surface area contributed by atoms with Crippen molar-refractivity contribution in [3.8, 4) is 0 Å². The van der Waals surface area contributed by atoms with Crippen LogP contribution in [0, 0.1) is 11.8 Å². The van der Waals surface area contributed by atoms with Crippen molar-refractivity contribution < 1.29 is 9.53 Å². The van der Waals surface area contributed by atoms with Crippen LogP contribution >= 0.6 is 0 Å².